The Labute approximate surface area is 50.3 Å². The van der Waals surface area contributed by atoms with Crippen LogP contribution in [0.4, 0.5) is 0 Å². The summed E-state index contributed by atoms with van der Waals surface area (Å²) in [5.41, 5.74) is 0. The molecule has 0 aliphatic rings. The van der Waals surface area contributed by atoms with Gasteiger partial charge in [-0.25, -0.2) is 0 Å². The maximum atomic E-state index is 10.2. The molecule has 0 aliphatic heterocycles. The Kier molecular flexibility index (Phi) is 3.39. The minimum atomic E-state index is -0.326. The third-order valence-electron chi connectivity index (χ3n) is 0.457. The average molecular weight is 138 g/mol. The second-order valence-electron chi connectivity index (χ2n) is 1.11. The normalized spacial score (nSPS) is 13.0. The Morgan fingerprint density at radius 3 is 2.43 bits per heavy atom. The first-order valence-electron chi connectivity index (χ1n) is 1.77. The topological polar surface area (TPSA) is 26.3 Å². The first-order valence-corrected chi connectivity index (χ1v) is 2.76. The van der Waals surface area contributed by atoms with E-state index in [4.69, 9.17) is 0 Å². The van der Waals surface area contributed by atoms with Crippen LogP contribution < -0.4 is 0 Å². The van der Waals surface area contributed by atoms with Crippen LogP contribution in [0, 0.1) is 0 Å². The Bertz CT molecular complexity index is 73.3. The fraction of sp³-hybridized carbons (Fsp3) is 0.667. The highest BCUT2D eigenvalue weighted by Gasteiger charge is 2.04. The first kappa shape index (κ1) is 7.25. The molecule has 0 heterocycles. The van der Waals surface area contributed by atoms with E-state index in [0.29, 0.717) is 0 Å². The lowest BCUT2D eigenvalue weighted by molar-refractivity contribution is -0.132. The van der Waals surface area contributed by atoms with Crippen molar-refractivity contribution < 1.29 is 9.32 Å². The molecule has 0 aromatic heterocycles. The Morgan fingerprint density at radius 2 is 2.43 bits per heavy atom. The van der Waals surface area contributed by atoms with Gasteiger partial charge in [-0.3, -0.25) is 4.79 Å². The molecule has 0 fully saturated rings. The number of hydrogen-bond acceptors (Lipinski definition) is 3. The second-order valence-corrected chi connectivity index (χ2v) is 2.12. The van der Waals surface area contributed by atoms with Crippen LogP contribution in [0.3, 0.4) is 0 Å². The van der Waals surface area contributed by atoms with Gasteiger partial charge in [0.05, 0.1) is 14.7 Å². The van der Waals surface area contributed by atoms with E-state index in [1.807, 2.05) is 9.47 Å². The Morgan fingerprint density at radius 1 is 2.00 bits per heavy atom. The van der Waals surface area contributed by atoms with Crippen molar-refractivity contribution in [2.45, 2.75) is 12.2 Å². The quantitative estimate of drug-likeness (QED) is 0.425. The molecule has 0 rings (SSSR count). The molecule has 0 aromatic rings. The summed E-state index contributed by atoms with van der Waals surface area (Å²) >= 11 is 3.79. The van der Waals surface area contributed by atoms with Crippen LogP contribution >= 0.6 is 22.1 Å². The van der Waals surface area contributed by atoms with Gasteiger partial charge in [-0.15, -0.1) is 0 Å². The number of carbonyl (C=O) groups is 1. The van der Waals surface area contributed by atoms with E-state index >= 15 is 0 Å². The molecule has 0 radical (unpaired) electrons. The van der Waals surface area contributed by atoms with Crippen LogP contribution in [0.5, 0.6) is 0 Å². The minimum Gasteiger partial charge on any atom is -0.451 e. The van der Waals surface area contributed by atoms with E-state index < -0.39 is 0 Å². The van der Waals surface area contributed by atoms with E-state index in [1.165, 1.54) is 0 Å². The molecule has 0 saturated heterocycles. The molecular weight excluding hydrogens is 131 g/mol. The average Bonchev–Trinajstić information content (AvgIpc) is 1.65. The Balaban J connectivity index is 3.35. The lowest BCUT2D eigenvalue weighted by Crippen LogP contribution is -2.08. The van der Waals surface area contributed by atoms with Crippen molar-refractivity contribution in [2.24, 2.45) is 0 Å². The van der Waals surface area contributed by atoms with Gasteiger partial charge in [0.15, 0.2) is 0 Å². The third kappa shape index (κ3) is 2.89. The lowest BCUT2D eigenvalue weighted by Gasteiger charge is -1.96. The van der Waals surface area contributed by atoms with Gasteiger partial charge in [0.1, 0.15) is 0 Å². The summed E-state index contributed by atoms with van der Waals surface area (Å²) in [5.74, 6) is -0.326. The predicted molar refractivity (Wildman–Crippen MR) is 34.2 cm³/mol. The van der Waals surface area contributed by atoms with E-state index in [-0.39, 0.29) is 11.2 Å². The van der Waals surface area contributed by atoms with Gasteiger partial charge >= 0.3 is 5.97 Å². The smallest absolute Gasteiger partial charge is 0.320 e. The van der Waals surface area contributed by atoms with Gasteiger partial charge in [-0.1, -0.05) is 0 Å². The van der Waals surface area contributed by atoms with Gasteiger partial charge < -0.3 is 4.52 Å². The second kappa shape index (κ2) is 3.28. The maximum Gasteiger partial charge on any atom is 0.320 e. The largest absolute Gasteiger partial charge is 0.451 e. The summed E-state index contributed by atoms with van der Waals surface area (Å²) in [6.07, 6.45) is 0. The third-order valence-corrected chi connectivity index (χ3v) is 0.900. The summed E-state index contributed by atoms with van der Waals surface area (Å²) < 4.78 is 4.21. The van der Waals surface area contributed by atoms with Crippen LogP contribution in [0.25, 0.3) is 0 Å². The molecule has 0 N–H and O–H groups in total. The summed E-state index contributed by atoms with van der Waals surface area (Å²) in [6, 6.07) is 0. The van der Waals surface area contributed by atoms with Crippen LogP contribution in [0.1, 0.15) is 6.92 Å². The van der Waals surface area contributed by atoms with E-state index in [1.54, 1.807) is 6.92 Å². The molecule has 0 aliphatic carbocycles. The minimum absolute atomic E-state index is 0.322. The van der Waals surface area contributed by atoms with Gasteiger partial charge in [0.2, 0.25) is 0 Å². The zero-order chi connectivity index (χ0) is 5.86. The highest BCUT2D eigenvalue weighted by atomic mass is 32.1. The van der Waals surface area contributed by atoms with Crippen molar-refractivity contribution in [3.05, 3.63) is 0 Å². The van der Waals surface area contributed by atoms with Crippen molar-refractivity contribution in [1.82, 2.24) is 0 Å². The number of rotatable bonds is 1. The molecule has 0 saturated carbocycles. The molecule has 4 heteroatoms. The number of hydrogen-bond donors (Lipinski definition) is 1. The monoisotopic (exact) mass is 138 g/mol. The molecule has 0 bridgehead atoms. The van der Waals surface area contributed by atoms with Crippen molar-refractivity contribution in [2.75, 3.05) is 0 Å². The zero-order valence-electron chi connectivity index (χ0n) is 3.92. The SMILES string of the molecule is CC(S)C(=O)OP. The summed E-state index contributed by atoms with van der Waals surface area (Å²) in [4.78, 5) is 10.2. The van der Waals surface area contributed by atoms with Crippen molar-refractivity contribution in [3.8, 4) is 0 Å². The Hall–Kier alpha value is 0.250. The van der Waals surface area contributed by atoms with Crippen LogP contribution in [0.2, 0.25) is 0 Å². The molecular formula is C3H7O2PS. The summed E-state index contributed by atoms with van der Waals surface area (Å²) in [7, 11) is 1.86. The highest BCUT2D eigenvalue weighted by Crippen LogP contribution is 1.98. The highest BCUT2D eigenvalue weighted by molar-refractivity contribution is 7.81. The zero-order valence-corrected chi connectivity index (χ0v) is 5.97. The predicted octanol–water partition coefficient (Wildman–Crippen LogP) is 0.638. The lowest BCUT2D eigenvalue weighted by atomic mass is 10.5. The summed E-state index contributed by atoms with van der Waals surface area (Å²) in [5, 5.41) is -0.322. The number of carbonyl (C=O) groups excluding carboxylic acids is 1. The number of thiol groups is 1. The maximum absolute atomic E-state index is 10.2. The van der Waals surface area contributed by atoms with Crippen molar-refractivity contribution >= 4 is 28.1 Å². The van der Waals surface area contributed by atoms with Crippen LogP contribution in [0.15, 0.2) is 0 Å². The molecule has 2 nitrogen and oxygen atoms in total. The molecule has 2 atom stereocenters. The van der Waals surface area contributed by atoms with Gasteiger partial charge in [0, 0.05) is 0 Å². The molecule has 42 valence electrons. The first-order chi connectivity index (χ1) is 3.18. The van der Waals surface area contributed by atoms with Gasteiger partial charge in [-0.05, 0) is 6.92 Å². The van der Waals surface area contributed by atoms with E-state index in [0.717, 1.165) is 0 Å². The molecule has 0 amide bonds. The fourth-order valence-corrected chi connectivity index (χ4v) is 0.478. The molecule has 0 spiro atoms. The van der Waals surface area contributed by atoms with Crippen LogP contribution in [-0.2, 0) is 9.32 Å². The standard InChI is InChI=1S/C3H7O2PS/c1-2(7)3(4)5-6/h2,7H,6H2,1H3. The molecule has 0 aromatic carbocycles. The van der Waals surface area contributed by atoms with Crippen molar-refractivity contribution in [1.29, 1.82) is 0 Å². The molecule has 2 unspecified atom stereocenters. The summed E-state index contributed by atoms with van der Waals surface area (Å²) in [6.45, 7) is 1.65. The van der Waals surface area contributed by atoms with Gasteiger partial charge in [0.25, 0.3) is 0 Å². The van der Waals surface area contributed by atoms with Gasteiger partial charge in [-0.2, -0.15) is 12.6 Å². The van der Waals surface area contributed by atoms with E-state index in [2.05, 4.69) is 17.2 Å². The van der Waals surface area contributed by atoms with Crippen molar-refractivity contribution in [3.63, 3.8) is 0 Å². The molecule has 7 heavy (non-hydrogen) atoms. The van der Waals surface area contributed by atoms with Crippen LogP contribution in [-0.4, -0.2) is 11.2 Å². The van der Waals surface area contributed by atoms with E-state index in [9.17, 15) is 4.79 Å². The fourth-order valence-electron chi connectivity index (χ4n) is 0.0985.